The van der Waals surface area contributed by atoms with Crippen molar-refractivity contribution in [3.05, 3.63) is 53.6 Å². The molecule has 0 aromatic heterocycles. The van der Waals surface area contributed by atoms with Crippen LogP contribution in [0.4, 0.5) is 22.0 Å². The number of hydrogen-bond donors (Lipinski definition) is 2. The lowest BCUT2D eigenvalue weighted by Crippen LogP contribution is -2.42. The van der Waals surface area contributed by atoms with Gasteiger partial charge in [-0.2, -0.15) is 22.0 Å². The summed E-state index contributed by atoms with van der Waals surface area (Å²) in [7, 11) is 0. The highest BCUT2D eigenvalue weighted by molar-refractivity contribution is 7.91. The number of rotatable bonds is 15. The molecule has 3 unspecified atom stereocenters. The highest BCUT2D eigenvalue weighted by Crippen LogP contribution is 2.47. The molecule has 5 nitrogen and oxygen atoms in total. The fraction of sp³-hybridized carbons (Fsp3) is 0.586. The molecule has 0 spiro atoms. The average Bonchev–Trinajstić information content (AvgIpc) is 2.88. The quantitative estimate of drug-likeness (QED) is 0.130. The normalized spacial score (nSPS) is 20.1. The number of alkyl halides is 5. The van der Waals surface area contributed by atoms with Gasteiger partial charge in [0.15, 0.2) is 0 Å². The fourth-order valence-corrected chi connectivity index (χ4v) is 6.10. The maximum atomic E-state index is 12.9. The van der Waals surface area contributed by atoms with E-state index in [9.17, 15) is 36.7 Å². The number of fused-ring (bicyclic) bond motifs is 1. The van der Waals surface area contributed by atoms with E-state index in [1.54, 1.807) is 24.3 Å². The van der Waals surface area contributed by atoms with E-state index in [0.29, 0.717) is 37.7 Å². The molecule has 2 aromatic carbocycles. The number of ether oxygens (including phenoxy) is 2. The molecule has 0 fully saturated rings. The predicted molar refractivity (Wildman–Crippen MR) is 144 cm³/mol. The fourth-order valence-electron chi connectivity index (χ4n) is 4.91. The third-order valence-corrected chi connectivity index (χ3v) is 8.91. The standard InChI is InChI=1S/C29H37F5O5S/c1-27(21-8-10-22(35)11-9-21)20-39-26-18-23(36)12-13-24(26)25(27)19-38-15-5-3-2-4-6-16-40(37)17-7-14-28(30,31)29(32,33)34/h8-13,18,25,35-36H,2-7,14-17,19-20H2,1H3. The molecule has 0 saturated carbocycles. The number of hydrogen-bond acceptors (Lipinski definition) is 5. The van der Waals surface area contributed by atoms with Crippen molar-refractivity contribution >= 4 is 11.2 Å². The van der Waals surface area contributed by atoms with Crippen molar-refractivity contribution < 1.29 is 46.2 Å². The van der Waals surface area contributed by atoms with E-state index in [2.05, 4.69) is 6.92 Å². The van der Waals surface area contributed by atoms with Crippen LogP contribution in [0.5, 0.6) is 17.2 Å². The Balaban J connectivity index is 1.38. The molecule has 1 aliphatic heterocycles. The van der Waals surface area contributed by atoms with Crippen LogP contribution in [0.2, 0.25) is 0 Å². The number of aromatic hydroxyl groups is 2. The summed E-state index contributed by atoms with van der Waals surface area (Å²) >= 11 is -1.40. The van der Waals surface area contributed by atoms with Crippen molar-refractivity contribution in [2.24, 2.45) is 0 Å². The minimum absolute atomic E-state index is 0.0487. The summed E-state index contributed by atoms with van der Waals surface area (Å²) in [4.78, 5) is 0. The molecule has 40 heavy (non-hydrogen) atoms. The third kappa shape index (κ3) is 8.63. The summed E-state index contributed by atoms with van der Waals surface area (Å²) in [6.07, 6.45) is -3.34. The molecule has 0 saturated heterocycles. The van der Waals surface area contributed by atoms with Gasteiger partial charge in [0.1, 0.15) is 28.8 Å². The minimum Gasteiger partial charge on any atom is -0.616 e. The van der Waals surface area contributed by atoms with Gasteiger partial charge in [-0.3, -0.25) is 0 Å². The Bertz CT molecular complexity index is 1070. The zero-order valence-corrected chi connectivity index (χ0v) is 23.3. The van der Waals surface area contributed by atoms with Gasteiger partial charge in [0.2, 0.25) is 0 Å². The van der Waals surface area contributed by atoms with Crippen molar-refractivity contribution in [3.8, 4) is 17.2 Å². The molecule has 224 valence electrons. The molecule has 0 amide bonds. The zero-order chi connectivity index (χ0) is 29.4. The van der Waals surface area contributed by atoms with Crippen molar-refractivity contribution in [1.82, 2.24) is 0 Å². The molecule has 2 N–H and O–H groups in total. The summed E-state index contributed by atoms with van der Waals surface area (Å²) in [6, 6.07) is 12.1. The molecule has 1 aliphatic rings. The lowest BCUT2D eigenvalue weighted by atomic mass is 9.68. The molecule has 3 atom stereocenters. The van der Waals surface area contributed by atoms with E-state index in [-0.39, 0.29) is 23.2 Å². The lowest BCUT2D eigenvalue weighted by molar-refractivity contribution is -0.284. The van der Waals surface area contributed by atoms with Crippen molar-refractivity contribution in [1.29, 1.82) is 0 Å². The van der Waals surface area contributed by atoms with Gasteiger partial charge in [0.25, 0.3) is 0 Å². The van der Waals surface area contributed by atoms with E-state index >= 15 is 0 Å². The van der Waals surface area contributed by atoms with E-state index in [1.807, 2.05) is 18.2 Å². The Kier molecular flexibility index (Phi) is 11.4. The van der Waals surface area contributed by atoms with Gasteiger partial charge in [-0.25, -0.2) is 0 Å². The van der Waals surface area contributed by atoms with E-state index in [4.69, 9.17) is 9.47 Å². The third-order valence-electron chi connectivity index (χ3n) is 7.42. The summed E-state index contributed by atoms with van der Waals surface area (Å²) in [5.41, 5.74) is 1.52. The van der Waals surface area contributed by atoms with Gasteiger partial charge in [0.05, 0.1) is 13.2 Å². The second kappa shape index (κ2) is 14.1. The molecule has 2 aromatic rings. The number of phenols is 2. The van der Waals surface area contributed by atoms with E-state index in [0.717, 1.165) is 36.8 Å². The van der Waals surface area contributed by atoms with Gasteiger partial charge < -0.3 is 24.2 Å². The largest absolute Gasteiger partial charge is 0.616 e. The summed E-state index contributed by atoms with van der Waals surface area (Å²) < 4.78 is 86.4. The van der Waals surface area contributed by atoms with Crippen LogP contribution in [0.15, 0.2) is 42.5 Å². The topological polar surface area (TPSA) is 82.0 Å². The molecular weight excluding hydrogens is 555 g/mol. The highest BCUT2D eigenvalue weighted by atomic mass is 32.2. The maximum absolute atomic E-state index is 12.9. The van der Waals surface area contributed by atoms with Gasteiger partial charge >= 0.3 is 12.1 Å². The van der Waals surface area contributed by atoms with Gasteiger partial charge in [-0.05, 0) is 49.4 Å². The van der Waals surface area contributed by atoms with Gasteiger partial charge in [-0.1, -0.05) is 49.1 Å². The van der Waals surface area contributed by atoms with Crippen LogP contribution in [0.25, 0.3) is 0 Å². The predicted octanol–water partition coefficient (Wildman–Crippen LogP) is 7.23. The van der Waals surface area contributed by atoms with Crippen molar-refractivity contribution in [3.63, 3.8) is 0 Å². The summed E-state index contributed by atoms with van der Waals surface area (Å²) in [5.74, 6) is -3.72. The van der Waals surface area contributed by atoms with Crippen LogP contribution in [0.1, 0.15) is 68.9 Å². The Labute approximate surface area is 234 Å². The monoisotopic (exact) mass is 592 g/mol. The molecule has 0 bridgehead atoms. The number of phenolic OH excluding ortho intramolecular Hbond substituents is 2. The first-order valence-corrected chi connectivity index (χ1v) is 14.9. The SMILES string of the molecule is CC1(c2ccc(O)cc2)COc2cc(O)ccc2C1COCCCCCCC[S+]([O-])CCCC(F)(F)C(F)(F)F. The molecule has 11 heteroatoms. The number of benzene rings is 2. The summed E-state index contributed by atoms with van der Waals surface area (Å²) in [6.45, 7) is 3.45. The van der Waals surface area contributed by atoms with Crippen molar-refractivity contribution in [2.45, 2.75) is 75.3 Å². The average molecular weight is 593 g/mol. The molecule has 1 heterocycles. The minimum atomic E-state index is -5.57. The highest BCUT2D eigenvalue weighted by Gasteiger charge is 2.56. The van der Waals surface area contributed by atoms with Crippen LogP contribution in [0.3, 0.4) is 0 Å². The van der Waals surface area contributed by atoms with Crippen LogP contribution in [-0.4, -0.2) is 58.2 Å². The number of halogens is 5. The van der Waals surface area contributed by atoms with Crippen molar-refractivity contribution in [2.75, 3.05) is 31.3 Å². The van der Waals surface area contributed by atoms with E-state index < -0.39 is 41.5 Å². The van der Waals surface area contributed by atoms with Gasteiger partial charge in [0, 0.05) is 36.0 Å². The van der Waals surface area contributed by atoms with Gasteiger partial charge in [-0.15, -0.1) is 0 Å². The second-order valence-electron chi connectivity index (χ2n) is 10.5. The van der Waals surface area contributed by atoms with Crippen LogP contribution in [-0.2, 0) is 21.3 Å². The smallest absolute Gasteiger partial charge is 0.453 e. The Morgan fingerprint density at radius 2 is 1.55 bits per heavy atom. The molecular formula is C29H37F5O5S. The molecule has 0 radical (unpaired) electrons. The first-order chi connectivity index (χ1) is 18.8. The van der Waals surface area contributed by atoms with E-state index in [1.165, 1.54) is 0 Å². The Morgan fingerprint density at radius 3 is 2.25 bits per heavy atom. The van der Waals surface area contributed by atoms with Crippen LogP contribution >= 0.6 is 0 Å². The first kappa shape index (κ1) is 32.3. The van der Waals surface area contributed by atoms with Crippen LogP contribution in [0, 0.1) is 0 Å². The second-order valence-corrected chi connectivity index (χ2v) is 12.2. The maximum Gasteiger partial charge on any atom is 0.453 e. The molecule has 3 rings (SSSR count). The first-order valence-electron chi connectivity index (χ1n) is 13.5. The summed E-state index contributed by atoms with van der Waals surface area (Å²) in [5, 5.41) is 19.6. The Hall–Kier alpha value is -2.24. The zero-order valence-electron chi connectivity index (χ0n) is 22.5. The van der Waals surface area contributed by atoms with Crippen LogP contribution < -0.4 is 4.74 Å². The molecule has 0 aliphatic carbocycles. The number of unbranched alkanes of at least 4 members (excludes halogenated alkanes) is 4. The Morgan fingerprint density at radius 1 is 0.925 bits per heavy atom. The lowest BCUT2D eigenvalue weighted by Gasteiger charge is -2.42.